The number of aliphatic imine (C=N–C) groups is 1. The second-order valence-corrected chi connectivity index (χ2v) is 11.8. The molecular weight excluding hydrogens is 528 g/mol. The summed E-state index contributed by atoms with van der Waals surface area (Å²) in [5.74, 6) is -0.221. The molecule has 1 aliphatic carbocycles. The van der Waals surface area contributed by atoms with Crippen molar-refractivity contribution in [3.05, 3.63) is 77.2 Å². The quantitative estimate of drug-likeness (QED) is 0.274. The number of rotatable bonds is 11. The molecule has 2 unspecified atom stereocenters. The molecule has 1 aromatic rings. The van der Waals surface area contributed by atoms with E-state index in [0.717, 1.165) is 27.8 Å². The number of nitrogens with one attached hydrogen (secondary N) is 2. The van der Waals surface area contributed by atoms with Crippen molar-refractivity contribution < 1.29 is 17.9 Å². The van der Waals surface area contributed by atoms with Crippen molar-refractivity contribution in [2.75, 3.05) is 52.7 Å². The average Bonchev–Trinajstić information content (AvgIpc) is 3.08. The molecule has 2 aliphatic rings. The third-order valence-electron chi connectivity index (χ3n) is 6.93. The normalized spacial score (nSPS) is 21.1. The molecule has 0 bridgehead atoms. The number of carbonyl (C=O) groups is 1. The van der Waals surface area contributed by atoms with Gasteiger partial charge in [0.25, 0.3) is 0 Å². The zero-order chi connectivity index (χ0) is 29.1. The van der Waals surface area contributed by atoms with Crippen molar-refractivity contribution in [3.8, 4) is 0 Å². The van der Waals surface area contributed by atoms with Crippen LogP contribution in [0.1, 0.15) is 36.1 Å². The first kappa shape index (κ1) is 31.3. The molecule has 2 atom stereocenters. The van der Waals surface area contributed by atoms with Gasteiger partial charge in [-0.1, -0.05) is 35.9 Å². The number of hydrogen-bond acceptors (Lipinski definition) is 7. The van der Waals surface area contributed by atoms with Crippen LogP contribution >= 0.6 is 0 Å². The van der Waals surface area contributed by atoms with Crippen LogP contribution in [0.3, 0.4) is 0 Å². The maximum absolute atomic E-state index is 12.8. The van der Waals surface area contributed by atoms with Crippen molar-refractivity contribution in [2.45, 2.75) is 32.4 Å². The van der Waals surface area contributed by atoms with E-state index in [-0.39, 0.29) is 18.6 Å². The number of fused-ring (bicyclic) bond motifs is 1. The highest BCUT2D eigenvalue weighted by Crippen LogP contribution is 2.40. The molecule has 0 saturated carbocycles. The van der Waals surface area contributed by atoms with Gasteiger partial charge >= 0.3 is 0 Å². The summed E-state index contributed by atoms with van der Waals surface area (Å²) in [4.78, 5) is 19.1. The Morgan fingerprint density at radius 3 is 2.67 bits per heavy atom. The molecule has 4 N–H and O–H groups in total. The van der Waals surface area contributed by atoms with Crippen LogP contribution in [0.25, 0.3) is 5.57 Å². The lowest BCUT2D eigenvalue weighted by molar-refractivity contribution is -0.125. The van der Waals surface area contributed by atoms with Crippen LogP contribution in [-0.4, -0.2) is 88.6 Å². The molecule has 0 radical (unpaired) electrons. The maximum Gasteiger partial charge on any atom is 0.246 e. The second kappa shape index (κ2) is 14.9. The first-order valence-corrected chi connectivity index (χ1v) is 15.3. The van der Waals surface area contributed by atoms with Gasteiger partial charge in [0.2, 0.25) is 15.9 Å². The third kappa shape index (κ3) is 8.62. The van der Waals surface area contributed by atoms with E-state index in [9.17, 15) is 13.2 Å². The topological polar surface area (TPSA) is 129 Å². The monoisotopic (exact) mass is 570 g/mol. The summed E-state index contributed by atoms with van der Waals surface area (Å²) in [5.41, 5.74) is 10.9. The molecule has 3 rings (SSSR count). The number of amides is 1. The van der Waals surface area contributed by atoms with E-state index in [1.54, 1.807) is 25.7 Å². The molecule has 1 fully saturated rings. The fourth-order valence-corrected chi connectivity index (χ4v) is 5.84. The summed E-state index contributed by atoms with van der Waals surface area (Å²) in [6.07, 6.45) is 14.6. The standard InChI is InChI=1S/C29H42N6O4S/c1-5-39-20-29(36)33-27(10-12-32-21-31-3)26-18-23(7-6-11-30)19-28(24-9-8-22(2)17-25(24)26)34-13-15-35(16-14-34)40(4,37)38/h6-12,17-18,21,27-28H,5,13-16,19-20,30H2,1-4H3,(H,31,32)(H,33,36)/b11-6-,12-10+,23-7-. The minimum Gasteiger partial charge on any atom is -0.405 e. The van der Waals surface area contributed by atoms with E-state index in [0.29, 0.717) is 39.2 Å². The number of carbonyl (C=O) groups excluding carboxylic acids is 1. The van der Waals surface area contributed by atoms with E-state index < -0.39 is 16.1 Å². The molecule has 218 valence electrons. The Hall–Kier alpha value is -3.25. The Bertz CT molecular complexity index is 1280. The van der Waals surface area contributed by atoms with Gasteiger partial charge in [0, 0.05) is 52.1 Å². The zero-order valence-corrected chi connectivity index (χ0v) is 24.7. The van der Waals surface area contributed by atoms with Crippen LogP contribution in [0.15, 0.2) is 65.5 Å². The summed E-state index contributed by atoms with van der Waals surface area (Å²) in [6.45, 7) is 6.44. The van der Waals surface area contributed by atoms with Gasteiger partial charge in [0.1, 0.15) is 6.61 Å². The van der Waals surface area contributed by atoms with Gasteiger partial charge < -0.3 is 21.1 Å². The largest absolute Gasteiger partial charge is 0.405 e. The summed E-state index contributed by atoms with van der Waals surface area (Å²) < 4.78 is 31.2. The molecule has 0 spiro atoms. The number of nitrogens with two attached hydrogens (primary N) is 1. The van der Waals surface area contributed by atoms with Gasteiger partial charge in [-0.15, -0.1) is 0 Å². The van der Waals surface area contributed by atoms with Crippen LogP contribution in [0.4, 0.5) is 0 Å². The van der Waals surface area contributed by atoms with Crippen molar-refractivity contribution in [2.24, 2.45) is 10.7 Å². The number of allylic oxidation sites excluding steroid dienone is 3. The molecule has 1 amide bonds. The van der Waals surface area contributed by atoms with E-state index in [1.807, 2.05) is 26.0 Å². The number of aryl methyl sites for hydroxylation is 1. The van der Waals surface area contributed by atoms with Crippen LogP contribution in [0.2, 0.25) is 0 Å². The van der Waals surface area contributed by atoms with E-state index in [4.69, 9.17) is 10.5 Å². The Kier molecular flexibility index (Phi) is 11.7. The fraction of sp³-hybridized carbons (Fsp3) is 0.448. The van der Waals surface area contributed by atoms with E-state index in [1.165, 1.54) is 16.8 Å². The predicted molar refractivity (Wildman–Crippen MR) is 161 cm³/mol. The second-order valence-electron chi connectivity index (χ2n) is 9.83. The number of nitrogens with zero attached hydrogens (tertiary/aromatic N) is 3. The predicted octanol–water partition coefficient (Wildman–Crippen LogP) is 2.08. The number of hydrogen-bond donors (Lipinski definition) is 3. The zero-order valence-electron chi connectivity index (χ0n) is 23.8. The molecular formula is C29H42N6O4S. The smallest absolute Gasteiger partial charge is 0.246 e. The highest BCUT2D eigenvalue weighted by molar-refractivity contribution is 7.88. The van der Waals surface area contributed by atoms with Gasteiger partial charge in [-0.25, -0.2) is 8.42 Å². The highest BCUT2D eigenvalue weighted by atomic mass is 32.2. The molecule has 1 heterocycles. The Morgan fingerprint density at radius 2 is 2.02 bits per heavy atom. The average molecular weight is 571 g/mol. The molecule has 11 heteroatoms. The molecule has 1 aliphatic heterocycles. The summed E-state index contributed by atoms with van der Waals surface area (Å²) >= 11 is 0. The molecule has 0 aromatic heterocycles. The van der Waals surface area contributed by atoms with Gasteiger partial charge in [0.15, 0.2) is 0 Å². The maximum atomic E-state index is 12.8. The van der Waals surface area contributed by atoms with Crippen LogP contribution in [0, 0.1) is 6.92 Å². The summed E-state index contributed by atoms with van der Waals surface area (Å²) in [7, 11) is -1.57. The third-order valence-corrected chi connectivity index (χ3v) is 8.23. The summed E-state index contributed by atoms with van der Waals surface area (Å²) in [6, 6.07) is 5.95. The Morgan fingerprint density at radius 1 is 1.27 bits per heavy atom. The Labute approximate surface area is 238 Å². The number of sulfonamides is 1. The number of ether oxygens (including phenoxy) is 1. The molecule has 10 nitrogen and oxygen atoms in total. The first-order chi connectivity index (χ1) is 19.2. The van der Waals surface area contributed by atoms with Crippen LogP contribution < -0.4 is 16.4 Å². The van der Waals surface area contributed by atoms with E-state index in [2.05, 4.69) is 44.8 Å². The van der Waals surface area contributed by atoms with Crippen molar-refractivity contribution in [1.29, 1.82) is 0 Å². The number of benzene rings is 1. The molecule has 1 saturated heterocycles. The molecule has 40 heavy (non-hydrogen) atoms. The van der Waals surface area contributed by atoms with Crippen molar-refractivity contribution >= 4 is 27.8 Å². The van der Waals surface area contributed by atoms with Gasteiger partial charge in [-0.05, 0) is 60.9 Å². The van der Waals surface area contributed by atoms with Crippen LogP contribution in [0.5, 0.6) is 0 Å². The minimum absolute atomic E-state index is 0.0117. The lowest BCUT2D eigenvalue weighted by Crippen LogP contribution is -2.49. The highest BCUT2D eigenvalue weighted by Gasteiger charge is 2.33. The first-order valence-electron chi connectivity index (χ1n) is 13.5. The van der Waals surface area contributed by atoms with Crippen molar-refractivity contribution in [3.63, 3.8) is 0 Å². The Balaban J connectivity index is 2.09. The summed E-state index contributed by atoms with van der Waals surface area (Å²) in [5, 5.41) is 6.13. The van der Waals surface area contributed by atoms with Crippen molar-refractivity contribution in [1.82, 2.24) is 19.8 Å². The molecule has 1 aromatic carbocycles. The number of piperazine rings is 1. The van der Waals surface area contributed by atoms with Gasteiger partial charge in [-0.2, -0.15) is 4.31 Å². The SMILES string of the molecule is CCOCC(=O)NC(/C=C/NC=NC)C1=C/C(=C/C=C\N)CC(N2CCN(S(C)(=O)=O)CC2)c2ccc(C)cc21. The van der Waals surface area contributed by atoms with Gasteiger partial charge in [0.05, 0.1) is 18.6 Å². The van der Waals surface area contributed by atoms with E-state index >= 15 is 0 Å². The fourth-order valence-electron chi connectivity index (χ4n) is 5.01. The lowest BCUT2D eigenvalue weighted by Gasteiger charge is -2.39. The lowest BCUT2D eigenvalue weighted by atomic mass is 9.90. The van der Waals surface area contributed by atoms with Gasteiger partial charge in [-0.3, -0.25) is 14.7 Å². The van der Waals surface area contributed by atoms with Crippen LogP contribution in [-0.2, 0) is 19.6 Å². The minimum atomic E-state index is -3.24.